The Kier molecular flexibility index (Phi) is 4.61. The van der Waals surface area contributed by atoms with Gasteiger partial charge in [-0.1, -0.05) is 36.4 Å². The summed E-state index contributed by atoms with van der Waals surface area (Å²) < 4.78 is 25.1. The van der Waals surface area contributed by atoms with Crippen LogP contribution in [0.15, 0.2) is 54.7 Å². The van der Waals surface area contributed by atoms with Crippen molar-refractivity contribution in [3.8, 4) is 12.0 Å². The first-order valence-electron chi connectivity index (χ1n) is 6.45. The first-order chi connectivity index (χ1) is 9.98. The van der Waals surface area contributed by atoms with Crippen LogP contribution in [-0.4, -0.2) is 24.0 Å². The molecule has 0 saturated heterocycles. The molecular weight excluding hydrogens is 284 g/mol. The van der Waals surface area contributed by atoms with E-state index < -0.39 is 10.0 Å². The highest BCUT2D eigenvalue weighted by Crippen LogP contribution is 2.21. The Morgan fingerprint density at radius 2 is 1.76 bits per heavy atom. The first-order valence-corrected chi connectivity index (χ1v) is 8.30. The highest BCUT2D eigenvalue weighted by atomic mass is 32.2. The SMILES string of the molecule is CC(c1ccccc1)N(C#Cc1ccccn1)S(C)(=O)=O. The maximum absolute atomic E-state index is 12.0. The van der Waals surface area contributed by atoms with Crippen LogP contribution >= 0.6 is 0 Å². The van der Waals surface area contributed by atoms with E-state index >= 15 is 0 Å². The summed E-state index contributed by atoms with van der Waals surface area (Å²) >= 11 is 0. The summed E-state index contributed by atoms with van der Waals surface area (Å²) in [7, 11) is -3.45. The standard InChI is InChI=1S/C16H16N2O2S/c1-14(15-8-4-3-5-9-15)18(21(2,19)20)13-11-16-10-6-7-12-17-16/h3-10,12,14H,1-2H3. The molecule has 0 fully saturated rings. The monoisotopic (exact) mass is 300 g/mol. The van der Waals surface area contributed by atoms with Gasteiger partial charge in [-0.25, -0.2) is 17.7 Å². The summed E-state index contributed by atoms with van der Waals surface area (Å²) in [4.78, 5) is 4.07. The van der Waals surface area contributed by atoms with Crippen molar-refractivity contribution >= 4 is 10.0 Å². The second-order valence-corrected chi connectivity index (χ2v) is 6.46. The van der Waals surface area contributed by atoms with E-state index in [1.807, 2.05) is 43.3 Å². The van der Waals surface area contributed by atoms with Gasteiger partial charge in [0.25, 0.3) is 0 Å². The molecule has 2 rings (SSSR count). The van der Waals surface area contributed by atoms with E-state index in [9.17, 15) is 8.42 Å². The third kappa shape index (κ3) is 4.07. The zero-order chi connectivity index (χ0) is 15.3. The lowest BCUT2D eigenvalue weighted by Gasteiger charge is -2.23. The summed E-state index contributed by atoms with van der Waals surface area (Å²) in [5.41, 5.74) is 1.42. The van der Waals surface area contributed by atoms with E-state index in [-0.39, 0.29) is 6.04 Å². The maximum atomic E-state index is 12.0. The van der Waals surface area contributed by atoms with Gasteiger partial charge in [0, 0.05) is 12.2 Å². The van der Waals surface area contributed by atoms with Gasteiger partial charge in [-0.2, -0.15) is 0 Å². The molecule has 2 aromatic rings. The van der Waals surface area contributed by atoms with Crippen LogP contribution in [0, 0.1) is 12.0 Å². The van der Waals surface area contributed by atoms with Gasteiger partial charge < -0.3 is 0 Å². The topological polar surface area (TPSA) is 50.3 Å². The van der Waals surface area contributed by atoms with E-state index in [1.165, 1.54) is 0 Å². The van der Waals surface area contributed by atoms with Crippen LogP contribution in [0.2, 0.25) is 0 Å². The molecular formula is C16H16N2O2S. The molecule has 1 aromatic heterocycles. The molecule has 21 heavy (non-hydrogen) atoms. The molecule has 0 aliphatic heterocycles. The van der Waals surface area contributed by atoms with Gasteiger partial charge >= 0.3 is 0 Å². The number of nitrogens with zero attached hydrogens (tertiary/aromatic N) is 2. The Morgan fingerprint density at radius 3 is 2.33 bits per heavy atom. The lowest BCUT2D eigenvalue weighted by atomic mass is 10.1. The molecule has 5 heteroatoms. The Bertz CT molecular complexity index is 747. The predicted octanol–water partition coefficient (Wildman–Crippen LogP) is 2.41. The summed E-state index contributed by atoms with van der Waals surface area (Å²) in [5, 5.41) is 0. The molecule has 0 saturated carbocycles. The smallest absolute Gasteiger partial charge is 0.239 e. The van der Waals surface area contributed by atoms with Gasteiger partial charge in [0.1, 0.15) is 5.69 Å². The van der Waals surface area contributed by atoms with Crippen LogP contribution in [0.25, 0.3) is 0 Å². The van der Waals surface area contributed by atoms with Crippen molar-refractivity contribution in [2.24, 2.45) is 0 Å². The molecule has 0 aliphatic rings. The van der Waals surface area contributed by atoms with Gasteiger partial charge in [-0.15, -0.1) is 0 Å². The molecule has 0 radical (unpaired) electrons. The molecule has 0 aliphatic carbocycles. The normalized spacial score (nSPS) is 12.1. The molecule has 4 nitrogen and oxygen atoms in total. The van der Waals surface area contributed by atoms with E-state index in [2.05, 4.69) is 16.9 Å². The van der Waals surface area contributed by atoms with Crippen LogP contribution in [0.3, 0.4) is 0 Å². The number of benzene rings is 1. The molecule has 0 N–H and O–H groups in total. The fraction of sp³-hybridized carbons (Fsp3) is 0.188. The van der Waals surface area contributed by atoms with Crippen LogP contribution in [-0.2, 0) is 10.0 Å². The summed E-state index contributed by atoms with van der Waals surface area (Å²) in [6.45, 7) is 1.81. The third-order valence-electron chi connectivity index (χ3n) is 2.95. The number of pyridine rings is 1. The predicted molar refractivity (Wildman–Crippen MR) is 82.7 cm³/mol. The number of sulfonamides is 1. The minimum atomic E-state index is -3.45. The number of hydrogen-bond acceptors (Lipinski definition) is 3. The van der Waals surface area contributed by atoms with Crippen molar-refractivity contribution < 1.29 is 8.42 Å². The Labute approximate surface area is 125 Å². The van der Waals surface area contributed by atoms with Crippen molar-refractivity contribution in [1.82, 2.24) is 9.29 Å². The molecule has 108 valence electrons. The number of rotatable bonds is 3. The lowest BCUT2D eigenvalue weighted by Crippen LogP contribution is -2.28. The Morgan fingerprint density at radius 1 is 1.10 bits per heavy atom. The molecule has 1 heterocycles. The van der Waals surface area contributed by atoms with Crippen molar-refractivity contribution in [3.05, 3.63) is 66.0 Å². The zero-order valence-electron chi connectivity index (χ0n) is 11.9. The number of aromatic nitrogens is 1. The fourth-order valence-electron chi connectivity index (χ4n) is 1.88. The maximum Gasteiger partial charge on any atom is 0.239 e. The molecule has 1 unspecified atom stereocenters. The van der Waals surface area contributed by atoms with Crippen LogP contribution < -0.4 is 0 Å². The van der Waals surface area contributed by atoms with Crippen molar-refractivity contribution in [1.29, 1.82) is 0 Å². The van der Waals surface area contributed by atoms with E-state index in [0.29, 0.717) is 5.69 Å². The average molecular weight is 300 g/mol. The van der Waals surface area contributed by atoms with Gasteiger partial charge in [0.2, 0.25) is 10.0 Å². The minimum absolute atomic E-state index is 0.364. The molecule has 0 amide bonds. The van der Waals surface area contributed by atoms with E-state index in [0.717, 1.165) is 16.1 Å². The first kappa shape index (κ1) is 15.1. The van der Waals surface area contributed by atoms with Crippen molar-refractivity contribution in [2.45, 2.75) is 13.0 Å². The Balaban J connectivity index is 2.35. The van der Waals surface area contributed by atoms with Gasteiger partial charge in [0.15, 0.2) is 0 Å². The summed E-state index contributed by atoms with van der Waals surface area (Å²) in [6, 6.07) is 17.1. The lowest BCUT2D eigenvalue weighted by molar-refractivity contribution is 0.451. The second-order valence-electron chi connectivity index (χ2n) is 4.60. The van der Waals surface area contributed by atoms with Crippen LogP contribution in [0.4, 0.5) is 0 Å². The van der Waals surface area contributed by atoms with Gasteiger partial charge in [-0.05, 0) is 30.5 Å². The summed E-state index contributed by atoms with van der Waals surface area (Å²) in [6.07, 6.45) is 2.77. The molecule has 0 spiro atoms. The largest absolute Gasteiger partial charge is 0.248 e. The summed E-state index contributed by atoms with van der Waals surface area (Å²) in [5.74, 6) is 2.79. The minimum Gasteiger partial charge on any atom is -0.248 e. The van der Waals surface area contributed by atoms with Gasteiger partial charge in [0.05, 0.1) is 12.3 Å². The fourth-order valence-corrected chi connectivity index (χ4v) is 2.79. The van der Waals surface area contributed by atoms with Crippen LogP contribution in [0.5, 0.6) is 0 Å². The highest BCUT2D eigenvalue weighted by molar-refractivity contribution is 7.88. The second kappa shape index (κ2) is 6.42. The Hall–Kier alpha value is -2.32. The zero-order valence-corrected chi connectivity index (χ0v) is 12.7. The van der Waals surface area contributed by atoms with Crippen molar-refractivity contribution in [3.63, 3.8) is 0 Å². The van der Waals surface area contributed by atoms with Crippen molar-refractivity contribution in [2.75, 3.05) is 6.26 Å². The van der Waals surface area contributed by atoms with Gasteiger partial charge in [-0.3, -0.25) is 0 Å². The number of hydrogen-bond donors (Lipinski definition) is 0. The molecule has 0 bridgehead atoms. The average Bonchev–Trinajstić information content (AvgIpc) is 2.48. The van der Waals surface area contributed by atoms with E-state index in [1.54, 1.807) is 18.3 Å². The van der Waals surface area contributed by atoms with E-state index in [4.69, 9.17) is 0 Å². The quantitative estimate of drug-likeness (QED) is 0.646. The molecule has 1 aromatic carbocycles. The third-order valence-corrected chi connectivity index (χ3v) is 4.07. The highest BCUT2D eigenvalue weighted by Gasteiger charge is 2.21. The van der Waals surface area contributed by atoms with Crippen LogP contribution in [0.1, 0.15) is 24.2 Å². The molecule has 1 atom stereocenters.